The minimum atomic E-state index is -4.37. The van der Waals surface area contributed by atoms with Crippen molar-refractivity contribution in [3.8, 4) is 12.1 Å². The second kappa shape index (κ2) is 7.04. The number of halogens is 3. The van der Waals surface area contributed by atoms with E-state index in [2.05, 4.69) is 5.10 Å². The summed E-state index contributed by atoms with van der Waals surface area (Å²) in [4.78, 5) is 0. The van der Waals surface area contributed by atoms with Crippen LogP contribution in [-0.4, -0.2) is 16.0 Å². The van der Waals surface area contributed by atoms with E-state index in [0.717, 1.165) is 25.7 Å². The number of rotatable bonds is 5. The molecule has 1 aromatic rings. The van der Waals surface area contributed by atoms with Crippen molar-refractivity contribution >= 4 is 0 Å². The van der Waals surface area contributed by atoms with Crippen LogP contribution in [0.25, 0.3) is 0 Å². The number of nitrogens with zero attached hydrogens (tertiary/aromatic N) is 4. The molecule has 1 aliphatic carbocycles. The van der Waals surface area contributed by atoms with Crippen LogP contribution < -0.4 is 0 Å². The standard InChI is InChI=1S/C16H19F3N4/c17-16(18,19)7-6-15(11-20,12-21)8-13-9-22-23(10-13)14-4-2-1-3-5-14/h9-10,14H,1-8H2. The Hall–Kier alpha value is -2.02. The number of hydrogen-bond donors (Lipinski definition) is 0. The molecule has 1 aromatic heterocycles. The third-order valence-corrected chi connectivity index (χ3v) is 4.37. The molecule has 4 nitrogen and oxygen atoms in total. The monoisotopic (exact) mass is 324 g/mol. The molecular weight excluding hydrogens is 305 g/mol. The maximum absolute atomic E-state index is 12.4. The summed E-state index contributed by atoms with van der Waals surface area (Å²) in [7, 11) is 0. The quantitative estimate of drug-likeness (QED) is 0.810. The molecule has 0 spiro atoms. The number of nitriles is 2. The predicted octanol–water partition coefficient (Wildman–Crippen LogP) is 4.31. The lowest BCUT2D eigenvalue weighted by atomic mass is 9.81. The van der Waals surface area contributed by atoms with Gasteiger partial charge in [0.05, 0.1) is 24.4 Å². The number of hydrogen-bond acceptors (Lipinski definition) is 3. The Bertz CT molecular complexity index is 586. The highest BCUT2D eigenvalue weighted by molar-refractivity contribution is 5.21. The Labute approximate surface area is 133 Å². The normalized spacial score (nSPS) is 16.7. The molecule has 0 amide bonds. The summed E-state index contributed by atoms with van der Waals surface area (Å²) in [5.41, 5.74) is -1.02. The summed E-state index contributed by atoms with van der Waals surface area (Å²) in [6.45, 7) is 0. The maximum atomic E-state index is 12.4. The van der Waals surface area contributed by atoms with E-state index in [0.29, 0.717) is 11.6 Å². The molecule has 0 saturated heterocycles. The molecule has 0 unspecified atom stereocenters. The van der Waals surface area contributed by atoms with E-state index >= 15 is 0 Å². The van der Waals surface area contributed by atoms with Gasteiger partial charge < -0.3 is 0 Å². The van der Waals surface area contributed by atoms with Crippen molar-refractivity contribution in [3.63, 3.8) is 0 Å². The highest BCUT2D eigenvalue weighted by Gasteiger charge is 2.37. The van der Waals surface area contributed by atoms with Gasteiger partial charge in [0.2, 0.25) is 0 Å². The van der Waals surface area contributed by atoms with Gasteiger partial charge >= 0.3 is 6.18 Å². The van der Waals surface area contributed by atoms with Gasteiger partial charge in [0.1, 0.15) is 5.41 Å². The minimum absolute atomic E-state index is 0.0250. The SMILES string of the molecule is N#CC(C#N)(CCC(F)(F)F)Cc1cnn(C2CCCCC2)c1. The fourth-order valence-electron chi connectivity index (χ4n) is 3.02. The van der Waals surface area contributed by atoms with Crippen LogP contribution in [0.1, 0.15) is 56.6 Å². The zero-order valence-electron chi connectivity index (χ0n) is 12.8. The van der Waals surface area contributed by atoms with E-state index in [9.17, 15) is 23.7 Å². The molecule has 1 heterocycles. The summed E-state index contributed by atoms with van der Waals surface area (Å²) in [5, 5.41) is 22.7. The van der Waals surface area contributed by atoms with Gasteiger partial charge in [0.25, 0.3) is 0 Å². The van der Waals surface area contributed by atoms with Crippen LogP contribution in [0, 0.1) is 28.1 Å². The molecular formula is C16H19F3N4. The van der Waals surface area contributed by atoms with Crippen LogP contribution in [0.3, 0.4) is 0 Å². The zero-order valence-corrected chi connectivity index (χ0v) is 12.8. The van der Waals surface area contributed by atoms with Crippen LogP contribution in [0.5, 0.6) is 0 Å². The van der Waals surface area contributed by atoms with Gasteiger partial charge in [-0.2, -0.15) is 28.8 Å². The second-order valence-electron chi connectivity index (χ2n) is 6.22. The maximum Gasteiger partial charge on any atom is 0.389 e. The molecule has 0 atom stereocenters. The van der Waals surface area contributed by atoms with Gasteiger partial charge in [0.15, 0.2) is 0 Å². The molecule has 1 fully saturated rings. The van der Waals surface area contributed by atoms with Crippen LogP contribution in [-0.2, 0) is 6.42 Å². The largest absolute Gasteiger partial charge is 0.389 e. The highest BCUT2D eigenvalue weighted by Crippen LogP contribution is 2.34. The summed E-state index contributed by atoms with van der Waals surface area (Å²) >= 11 is 0. The lowest BCUT2D eigenvalue weighted by Gasteiger charge is -2.22. The highest BCUT2D eigenvalue weighted by atomic mass is 19.4. The molecule has 23 heavy (non-hydrogen) atoms. The Balaban J connectivity index is 2.07. The van der Waals surface area contributed by atoms with Gasteiger partial charge in [-0.05, 0) is 24.8 Å². The van der Waals surface area contributed by atoms with E-state index in [1.807, 2.05) is 4.68 Å². The molecule has 1 aliphatic rings. The van der Waals surface area contributed by atoms with Crippen molar-refractivity contribution in [2.45, 2.75) is 63.6 Å². The average Bonchev–Trinajstić information content (AvgIpc) is 3.00. The molecule has 0 radical (unpaired) electrons. The van der Waals surface area contributed by atoms with E-state index in [4.69, 9.17) is 0 Å². The Kier molecular flexibility index (Phi) is 5.30. The Morgan fingerprint density at radius 3 is 2.35 bits per heavy atom. The summed E-state index contributed by atoms with van der Waals surface area (Å²) in [5.74, 6) is 0. The smallest absolute Gasteiger partial charge is 0.269 e. The molecule has 0 aromatic carbocycles. The van der Waals surface area contributed by atoms with Crippen LogP contribution >= 0.6 is 0 Å². The van der Waals surface area contributed by atoms with Crippen molar-refractivity contribution in [2.75, 3.05) is 0 Å². The topological polar surface area (TPSA) is 65.4 Å². The lowest BCUT2D eigenvalue weighted by molar-refractivity contribution is -0.138. The lowest BCUT2D eigenvalue weighted by Crippen LogP contribution is -2.23. The van der Waals surface area contributed by atoms with Gasteiger partial charge in [0, 0.05) is 19.0 Å². The first-order valence-electron chi connectivity index (χ1n) is 7.80. The first-order chi connectivity index (χ1) is 10.9. The zero-order chi connectivity index (χ0) is 16.9. The molecule has 7 heteroatoms. The van der Waals surface area contributed by atoms with Gasteiger partial charge in [-0.3, -0.25) is 4.68 Å². The van der Waals surface area contributed by atoms with Crippen molar-refractivity contribution in [3.05, 3.63) is 18.0 Å². The van der Waals surface area contributed by atoms with Gasteiger partial charge in [-0.15, -0.1) is 0 Å². The Morgan fingerprint density at radius 1 is 1.13 bits per heavy atom. The molecule has 0 bridgehead atoms. The van der Waals surface area contributed by atoms with Crippen molar-refractivity contribution in [1.82, 2.24) is 9.78 Å². The van der Waals surface area contributed by atoms with Crippen LogP contribution in [0.15, 0.2) is 12.4 Å². The third kappa shape index (κ3) is 4.72. The second-order valence-corrected chi connectivity index (χ2v) is 6.22. The molecule has 124 valence electrons. The predicted molar refractivity (Wildman–Crippen MR) is 77.0 cm³/mol. The molecule has 0 N–H and O–H groups in total. The van der Waals surface area contributed by atoms with Crippen LogP contribution in [0.4, 0.5) is 13.2 Å². The summed E-state index contributed by atoms with van der Waals surface area (Å²) < 4.78 is 39.1. The molecule has 1 saturated carbocycles. The first kappa shape index (κ1) is 17.3. The van der Waals surface area contributed by atoms with E-state index in [1.54, 1.807) is 24.5 Å². The van der Waals surface area contributed by atoms with Gasteiger partial charge in [-0.25, -0.2) is 0 Å². The van der Waals surface area contributed by atoms with E-state index in [-0.39, 0.29) is 6.42 Å². The van der Waals surface area contributed by atoms with Crippen molar-refractivity contribution in [1.29, 1.82) is 10.5 Å². The summed E-state index contributed by atoms with van der Waals surface area (Å²) in [6, 6.07) is 3.87. The van der Waals surface area contributed by atoms with Gasteiger partial charge in [-0.1, -0.05) is 19.3 Å². The average molecular weight is 324 g/mol. The number of aromatic nitrogens is 2. The van der Waals surface area contributed by atoms with Crippen molar-refractivity contribution in [2.24, 2.45) is 5.41 Å². The molecule has 2 rings (SSSR count). The fraction of sp³-hybridized carbons (Fsp3) is 0.688. The van der Waals surface area contributed by atoms with E-state index < -0.39 is 24.4 Å². The first-order valence-corrected chi connectivity index (χ1v) is 7.80. The Morgan fingerprint density at radius 2 is 1.78 bits per heavy atom. The fourth-order valence-corrected chi connectivity index (χ4v) is 3.02. The molecule has 0 aliphatic heterocycles. The number of alkyl halides is 3. The minimum Gasteiger partial charge on any atom is -0.269 e. The summed E-state index contributed by atoms with van der Waals surface area (Å²) in [6.07, 6.45) is 2.87. The van der Waals surface area contributed by atoms with E-state index in [1.165, 1.54) is 6.42 Å². The van der Waals surface area contributed by atoms with Crippen molar-refractivity contribution < 1.29 is 13.2 Å². The third-order valence-electron chi connectivity index (χ3n) is 4.37. The van der Waals surface area contributed by atoms with Crippen LogP contribution in [0.2, 0.25) is 0 Å².